The Bertz CT molecular complexity index is 490. The predicted molar refractivity (Wildman–Crippen MR) is 86.8 cm³/mol. The third kappa shape index (κ3) is 3.25. The summed E-state index contributed by atoms with van der Waals surface area (Å²) in [4.78, 5) is 14.4. The molecule has 1 heterocycles. The van der Waals surface area contributed by atoms with E-state index in [9.17, 15) is 4.79 Å². The molecule has 0 aromatic carbocycles. The van der Waals surface area contributed by atoms with Crippen molar-refractivity contribution in [1.82, 2.24) is 9.78 Å². The Morgan fingerprint density at radius 1 is 1.35 bits per heavy atom. The van der Waals surface area contributed by atoms with Crippen LogP contribution in [0.5, 0.6) is 0 Å². The monoisotopic (exact) mass is 341 g/mol. The van der Waals surface area contributed by atoms with Gasteiger partial charge in [-0.15, -0.1) is 0 Å². The van der Waals surface area contributed by atoms with Crippen LogP contribution in [0.15, 0.2) is 17.1 Å². The molecule has 1 aromatic rings. The highest BCUT2D eigenvalue weighted by Crippen LogP contribution is 2.40. The molecule has 5 heteroatoms. The number of hydrogen-bond acceptors (Lipinski definition) is 3. The number of alkyl halides is 1. The Morgan fingerprint density at radius 3 is 2.50 bits per heavy atom. The Balaban J connectivity index is 2.20. The van der Waals surface area contributed by atoms with Gasteiger partial charge >= 0.3 is 0 Å². The Morgan fingerprint density at radius 2 is 2.00 bits per heavy atom. The minimum atomic E-state index is 0.0154. The van der Waals surface area contributed by atoms with E-state index in [-0.39, 0.29) is 11.0 Å². The van der Waals surface area contributed by atoms with E-state index in [1.54, 1.807) is 10.7 Å². The van der Waals surface area contributed by atoms with Crippen molar-refractivity contribution in [1.29, 1.82) is 0 Å². The number of nitrogens with zero attached hydrogens (tertiary/aromatic N) is 3. The molecule has 112 valence electrons. The average molecular weight is 342 g/mol. The van der Waals surface area contributed by atoms with Crippen LogP contribution in [0.25, 0.3) is 0 Å². The fraction of sp³-hybridized carbons (Fsp3) is 0.733. The van der Waals surface area contributed by atoms with E-state index >= 15 is 0 Å². The molecule has 4 nitrogen and oxygen atoms in total. The molecule has 1 aliphatic rings. The van der Waals surface area contributed by atoms with Crippen molar-refractivity contribution < 1.29 is 0 Å². The Hall–Kier alpha value is -0.840. The van der Waals surface area contributed by atoms with Gasteiger partial charge in [-0.1, -0.05) is 28.8 Å². The smallest absolute Gasteiger partial charge is 0.268 e. The van der Waals surface area contributed by atoms with Gasteiger partial charge in [-0.3, -0.25) is 4.79 Å². The van der Waals surface area contributed by atoms with Gasteiger partial charge in [0.25, 0.3) is 5.56 Å². The van der Waals surface area contributed by atoms with Crippen LogP contribution in [0.2, 0.25) is 0 Å². The zero-order valence-corrected chi connectivity index (χ0v) is 14.0. The van der Waals surface area contributed by atoms with E-state index in [2.05, 4.69) is 39.8 Å². The molecule has 0 unspecified atom stereocenters. The minimum absolute atomic E-state index is 0.0154. The number of anilines is 1. The molecule has 1 aliphatic carbocycles. The van der Waals surface area contributed by atoms with Gasteiger partial charge in [0.05, 0.1) is 18.4 Å². The third-order valence-corrected chi connectivity index (χ3v) is 5.61. The lowest BCUT2D eigenvalue weighted by atomic mass is 9.89. The predicted octanol–water partition coefficient (Wildman–Crippen LogP) is 3.04. The second-order valence-electron chi connectivity index (χ2n) is 5.72. The fourth-order valence-corrected chi connectivity index (χ4v) is 3.82. The van der Waals surface area contributed by atoms with Crippen molar-refractivity contribution in [2.24, 2.45) is 5.41 Å². The summed E-state index contributed by atoms with van der Waals surface area (Å²) >= 11 is 3.62. The molecule has 1 fully saturated rings. The molecular weight excluding hydrogens is 318 g/mol. The van der Waals surface area contributed by atoms with Crippen molar-refractivity contribution in [2.45, 2.75) is 46.1 Å². The van der Waals surface area contributed by atoms with Crippen molar-refractivity contribution in [3.05, 3.63) is 22.6 Å². The summed E-state index contributed by atoms with van der Waals surface area (Å²) in [5, 5.41) is 5.34. The molecule has 0 saturated heterocycles. The van der Waals surface area contributed by atoms with Gasteiger partial charge in [-0.05, 0) is 32.1 Å². The average Bonchev–Trinajstić information content (AvgIpc) is 2.92. The van der Waals surface area contributed by atoms with E-state index in [1.165, 1.54) is 25.7 Å². The van der Waals surface area contributed by atoms with E-state index < -0.39 is 0 Å². The Kier molecular flexibility index (Phi) is 5.24. The van der Waals surface area contributed by atoms with Crippen molar-refractivity contribution in [3.63, 3.8) is 0 Å². The molecule has 0 bridgehead atoms. The highest BCUT2D eigenvalue weighted by Gasteiger charge is 2.33. The summed E-state index contributed by atoms with van der Waals surface area (Å²) in [6.07, 6.45) is 6.72. The number of rotatable bonds is 6. The van der Waals surface area contributed by atoms with Crippen LogP contribution in [-0.4, -0.2) is 28.2 Å². The van der Waals surface area contributed by atoms with Gasteiger partial charge in [-0.2, -0.15) is 5.10 Å². The van der Waals surface area contributed by atoms with E-state index in [1.807, 2.05) is 6.20 Å². The van der Waals surface area contributed by atoms with Gasteiger partial charge in [0, 0.05) is 24.5 Å². The summed E-state index contributed by atoms with van der Waals surface area (Å²) in [5.74, 6) is 0. The highest BCUT2D eigenvalue weighted by molar-refractivity contribution is 9.09. The van der Waals surface area contributed by atoms with Crippen LogP contribution in [0, 0.1) is 5.41 Å². The maximum Gasteiger partial charge on any atom is 0.268 e. The van der Waals surface area contributed by atoms with Crippen LogP contribution >= 0.6 is 15.9 Å². The SMILES string of the molecule is CCN(CC)c1cnn(CC2(CBr)CCCC2)c(=O)c1. The first-order valence-electron chi connectivity index (χ1n) is 7.52. The first-order chi connectivity index (χ1) is 9.64. The molecule has 20 heavy (non-hydrogen) atoms. The summed E-state index contributed by atoms with van der Waals surface area (Å²) in [7, 11) is 0. The van der Waals surface area contributed by atoms with Crippen LogP contribution < -0.4 is 10.5 Å². The second-order valence-corrected chi connectivity index (χ2v) is 6.28. The third-order valence-electron chi connectivity index (χ3n) is 4.42. The molecule has 1 saturated carbocycles. The second kappa shape index (κ2) is 6.74. The van der Waals surface area contributed by atoms with Crippen molar-refractivity contribution in [2.75, 3.05) is 23.3 Å². The van der Waals surface area contributed by atoms with E-state index in [4.69, 9.17) is 0 Å². The summed E-state index contributed by atoms with van der Waals surface area (Å²) in [6, 6.07) is 1.72. The molecule has 0 N–H and O–H groups in total. The van der Waals surface area contributed by atoms with Gasteiger partial charge in [0.2, 0.25) is 0 Å². The normalized spacial score (nSPS) is 17.4. The molecular formula is C15H24BrN3O. The molecule has 0 aliphatic heterocycles. The van der Waals surface area contributed by atoms with E-state index in [0.29, 0.717) is 0 Å². The maximum absolute atomic E-state index is 12.3. The first kappa shape index (κ1) is 15.5. The minimum Gasteiger partial charge on any atom is -0.371 e. The maximum atomic E-state index is 12.3. The number of aromatic nitrogens is 2. The van der Waals surface area contributed by atoms with Crippen LogP contribution in [-0.2, 0) is 6.54 Å². The number of halogens is 1. The lowest BCUT2D eigenvalue weighted by Gasteiger charge is -2.27. The molecule has 0 radical (unpaired) electrons. The largest absolute Gasteiger partial charge is 0.371 e. The van der Waals surface area contributed by atoms with Crippen molar-refractivity contribution >= 4 is 21.6 Å². The molecule has 0 atom stereocenters. The van der Waals surface area contributed by atoms with Crippen LogP contribution in [0.1, 0.15) is 39.5 Å². The zero-order chi connectivity index (χ0) is 14.6. The van der Waals surface area contributed by atoms with E-state index in [0.717, 1.165) is 30.7 Å². The zero-order valence-electron chi connectivity index (χ0n) is 12.4. The Labute approximate surface area is 129 Å². The molecule has 0 amide bonds. The highest BCUT2D eigenvalue weighted by atomic mass is 79.9. The quantitative estimate of drug-likeness (QED) is 0.746. The lowest BCUT2D eigenvalue weighted by molar-refractivity contribution is 0.271. The topological polar surface area (TPSA) is 38.1 Å². The van der Waals surface area contributed by atoms with Crippen molar-refractivity contribution in [3.8, 4) is 0 Å². The van der Waals surface area contributed by atoms with Gasteiger partial charge < -0.3 is 4.90 Å². The molecule has 2 rings (SSSR count). The van der Waals surface area contributed by atoms with Gasteiger partial charge in [-0.25, -0.2) is 4.68 Å². The summed E-state index contributed by atoms with van der Waals surface area (Å²) in [5.41, 5.74) is 1.16. The van der Waals surface area contributed by atoms with Gasteiger partial charge in [0.15, 0.2) is 0 Å². The first-order valence-corrected chi connectivity index (χ1v) is 8.64. The molecule has 0 spiro atoms. The number of hydrogen-bond donors (Lipinski definition) is 0. The standard InChI is InChI=1S/C15H24BrN3O/c1-3-18(4-2)13-9-14(20)19(17-10-13)12-15(11-16)7-5-6-8-15/h9-10H,3-8,11-12H2,1-2H3. The van der Waals surface area contributed by atoms with Gasteiger partial charge in [0.1, 0.15) is 0 Å². The fourth-order valence-electron chi connectivity index (χ4n) is 3.08. The van der Waals surface area contributed by atoms with Crippen LogP contribution in [0.3, 0.4) is 0 Å². The lowest BCUT2D eigenvalue weighted by Crippen LogP contribution is -2.34. The summed E-state index contributed by atoms with van der Waals surface area (Å²) < 4.78 is 1.64. The summed E-state index contributed by atoms with van der Waals surface area (Å²) in [6.45, 7) is 6.70. The van der Waals surface area contributed by atoms with Crippen LogP contribution in [0.4, 0.5) is 5.69 Å². The molecule has 1 aromatic heterocycles.